The zero-order valence-corrected chi connectivity index (χ0v) is 12.4. The fourth-order valence-corrected chi connectivity index (χ4v) is 2.80. The standard InChI is InChI=1S/C17H14FN5/c18-15-4-1-3-12-11-23(8-5-14(12)15)13-9-21-17(22-10-13)16-19-6-2-7-20-16/h1-4,6-7,9-10H,5,8,11H2. The van der Waals surface area contributed by atoms with E-state index >= 15 is 0 Å². The average molecular weight is 307 g/mol. The van der Waals surface area contributed by atoms with Gasteiger partial charge < -0.3 is 4.90 Å². The molecule has 114 valence electrons. The molecule has 3 aromatic rings. The van der Waals surface area contributed by atoms with Crippen molar-refractivity contribution in [3.8, 4) is 11.6 Å². The highest BCUT2D eigenvalue weighted by Gasteiger charge is 2.19. The third-order valence-corrected chi connectivity index (χ3v) is 3.98. The highest BCUT2D eigenvalue weighted by molar-refractivity contribution is 5.50. The predicted molar refractivity (Wildman–Crippen MR) is 84.2 cm³/mol. The smallest absolute Gasteiger partial charge is 0.197 e. The molecule has 6 heteroatoms. The zero-order valence-electron chi connectivity index (χ0n) is 12.4. The van der Waals surface area contributed by atoms with E-state index in [1.807, 2.05) is 6.07 Å². The first-order chi connectivity index (χ1) is 11.3. The van der Waals surface area contributed by atoms with E-state index in [0.29, 0.717) is 24.6 Å². The van der Waals surface area contributed by atoms with Crippen molar-refractivity contribution in [1.82, 2.24) is 19.9 Å². The molecule has 0 spiro atoms. The molecule has 1 aromatic carbocycles. The molecule has 0 atom stereocenters. The Morgan fingerprint density at radius 3 is 2.43 bits per heavy atom. The maximum atomic E-state index is 13.8. The minimum absolute atomic E-state index is 0.116. The summed E-state index contributed by atoms with van der Waals surface area (Å²) >= 11 is 0. The first-order valence-corrected chi connectivity index (χ1v) is 7.42. The first kappa shape index (κ1) is 13.8. The lowest BCUT2D eigenvalue weighted by atomic mass is 9.99. The number of nitrogens with zero attached hydrogens (tertiary/aromatic N) is 5. The van der Waals surface area contributed by atoms with Gasteiger partial charge in [-0.3, -0.25) is 0 Å². The molecular formula is C17H14FN5. The summed E-state index contributed by atoms with van der Waals surface area (Å²) in [5.41, 5.74) is 2.75. The summed E-state index contributed by atoms with van der Waals surface area (Å²) in [6.45, 7) is 1.41. The van der Waals surface area contributed by atoms with Crippen LogP contribution in [0.4, 0.5) is 10.1 Å². The van der Waals surface area contributed by atoms with Gasteiger partial charge in [-0.2, -0.15) is 0 Å². The molecule has 0 radical (unpaired) electrons. The summed E-state index contributed by atoms with van der Waals surface area (Å²) in [7, 11) is 0. The Hall–Kier alpha value is -2.89. The fraction of sp³-hybridized carbons (Fsp3) is 0.176. The summed E-state index contributed by atoms with van der Waals surface area (Å²) in [6, 6.07) is 7.00. The fourth-order valence-electron chi connectivity index (χ4n) is 2.80. The van der Waals surface area contributed by atoms with Crippen molar-refractivity contribution in [3.05, 3.63) is 66.0 Å². The molecule has 0 amide bonds. The Balaban J connectivity index is 1.58. The van der Waals surface area contributed by atoms with E-state index in [-0.39, 0.29) is 5.82 Å². The van der Waals surface area contributed by atoms with Gasteiger partial charge in [0.25, 0.3) is 0 Å². The molecule has 1 aliphatic rings. The molecule has 23 heavy (non-hydrogen) atoms. The van der Waals surface area contributed by atoms with Gasteiger partial charge >= 0.3 is 0 Å². The number of hydrogen-bond acceptors (Lipinski definition) is 5. The largest absolute Gasteiger partial charge is 0.364 e. The SMILES string of the molecule is Fc1cccc2c1CCN(c1cnc(-c3ncccn3)nc1)C2. The lowest BCUT2D eigenvalue weighted by molar-refractivity contribution is 0.590. The van der Waals surface area contributed by atoms with Gasteiger partial charge in [-0.25, -0.2) is 24.3 Å². The number of hydrogen-bond donors (Lipinski definition) is 0. The molecule has 0 fully saturated rings. The van der Waals surface area contributed by atoms with Crippen LogP contribution in [0.1, 0.15) is 11.1 Å². The topological polar surface area (TPSA) is 54.8 Å². The molecule has 4 rings (SSSR count). The van der Waals surface area contributed by atoms with Crippen LogP contribution in [0.2, 0.25) is 0 Å². The Labute approximate surface area is 132 Å². The molecule has 5 nitrogen and oxygen atoms in total. The second kappa shape index (κ2) is 5.72. The molecular weight excluding hydrogens is 293 g/mol. The summed E-state index contributed by atoms with van der Waals surface area (Å²) in [5.74, 6) is 0.887. The highest BCUT2D eigenvalue weighted by Crippen LogP contribution is 2.25. The van der Waals surface area contributed by atoms with Crippen LogP contribution >= 0.6 is 0 Å². The molecule has 3 heterocycles. The Morgan fingerprint density at radius 1 is 0.913 bits per heavy atom. The Bertz CT molecular complexity index is 820. The number of halogens is 1. The molecule has 0 aliphatic carbocycles. The number of fused-ring (bicyclic) bond motifs is 1. The van der Waals surface area contributed by atoms with Gasteiger partial charge in [0.05, 0.1) is 18.1 Å². The van der Waals surface area contributed by atoms with Crippen molar-refractivity contribution in [2.75, 3.05) is 11.4 Å². The molecule has 0 saturated heterocycles. The van der Waals surface area contributed by atoms with E-state index < -0.39 is 0 Å². The predicted octanol–water partition coefficient (Wildman–Crippen LogP) is 2.64. The van der Waals surface area contributed by atoms with Crippen LogP contribution in [0.5, 0.6) is 0 Å². The van der Waals surface area contributed by atoms with Crippen molar-refractivity contribution < 1.29 is 4.39 Å². The van der Waals surface area contributed by atoms with Crippen LogP contribution < -0.4 is 4.90 Å². The highest BCUT2D eigenvalue weighted by atomic mass is 19.1. The summed E-state index contributed by atoms with van der Waals surface area (Å²) in [6.07, 6.45) is 7.54. The first-order valence-electron chi connectivity index (χ1n) is 7.42. The van der Waals surface area contributed by atoms with Crippen molar-refractivity contribution in [3.63, 3.8) is 0 Å². The average Bonchev–Trinajstić information content (AvgIpc) is 2.63. The van der Waals surface area contributed by atoms with Crippen molar-refractivity contribution in [2.45, 2.75) is 13.0 Å². The molecule has 0 saturated carbocycles. The van der Waals surface area contributed by atoms with E-state index in [0.717, 1.165) is 23.4 Å². The second-order valence-corrected chi connectivity index (χ2v) is 5.39. The van der Waals surface area contributed by atoms with Crippen LogP contribution in [0.25, 0.3) is 11.6 Å². The van der Waals surface area contributed by atoms with Crippen LogP contribution in [0, 0.1) is 5.82 Å². The van der Waals surface area contributed by atoms with Crippen LogP contribution in [0.3, 0.4) is 0 Å². The third-order valence-electron chi connectivity index (χ3n) is 3.98. The van der Waals surface area contributed by atoms with Gasteiger partial charge in [0.15, 0.2) is 11.6 Å². The zero-order chi connectivity index (χ0) is 15.6. The lowest BCUT2D eigenvalue weighted by Crippen LogP contribution is -2.31. The molecule has 1 aliphatic heterocycles. The minimum atomic E-state index is -0.116. The van der Waals surface area contributed by atoms with E-state index in [1.165, 1.54) is 6.07 Å². The van der Waals surface area contributed by atoms with Gasteiger partial charge in [-0.1, -0.05) is 12.1 Å². The van der Waals surface area contributed by atoms with E-state index in [2.05, 4.69) is 24.8 Å². The number of benzene rings is 1. The molecule has 2 aromatic heterocycles. The van der Waals surface area contributed by atoms with Gasteiger partial charge in [0.2, 0.25) is 0 Å². The molecule has 0 N–H and O–H groups in total. The maximum absolute atomic E-state index is 13.8. The van der Waals surface area contributed by atoms with Crippen LogP contribution in [-0.4, -0.2) is 26.5 Å². The molecule has 0 bridgehead atoms. The van der Waals surface area contributed by atoms with E-state index in [9.17, 15) is 4.39 Å². The number of aromatic nitrogens is 4. The van der Waals surface area contributed by atoms with Crippen molar-refractivity contribution in [2.24, 2.45) is 0 Å². The van der Waals surface area contributed by atoms with Gasteiger partial charge in [0, 0.05) is 25.5 Å². The van der Waals surface area contributed by atoms with Crippen molar-refractivity contribution in [1.29, 1.82) is 0 Å². The van der Waals surface area contributed by atoms with Crippen LogP contribution in [-0.2, 0) is 13.0 Å². The number of anilines is 1. The molecule has 0 unspecified atom stereocenters. The quantitative estimate of drug-likeness (QED) is 0.728. The van der Waals surface area contributed by atoms with Gasteiger partial charge in [-0.05, 0) is 29.7 Å². The van der Waals surface area contributed by atoms with E-state index in [4.69, 9.17) is 0 Å². The monoisotopic (exact) mass is 307 g/mol. The Kier molecular flexibility index (Phi) is 3.42. The lowest BCUT2D eigenvalue weighted by Gasteiger charge is -2.30. The van der Waals surface area contributed by atoms with E-state index in [1.54, 1.807) is 36.9 Å². The summed E-state index contributed by atoms with van der Waals surface area (Å²) < 4.78 is 13.8. The maximum Gasteiger partial charge on any atom is 0.197 e. The van der Waals surface area contributed by atoms with Crippen LogP contribution in [0.15, 0.2) is 49.1 Å². The van der Waals surface area contributed by atoms with Gasteiger partial charge in [0.1, 0.15) is 5.82 Å². The van der Waals surface area contributed by atoms with Gasteiger partial charge in [-0.15, -0.1) is 0 Å². The third kappa shape index (κ3) is 2.63. The summed E-state index contributed by atoms with van der Waals surface area (Å²) in [4.78, 5) is 19.1. The minimum Gasteiger partial charge on any atom is -0.364 e. The summed E-state index contributed by atoms with van der Waals surface area (Å²) in [5, 5.41) is 0. The second-order valence-electron chi connectivity index (χ2n) is 5.39. The number of rotatable bonds is 2. The Morgan fingerprint density at radius 2 is 1.65 bits per heavy atom. The normalized spacial score (nSPS) is 13.7. The van der Waals surface area contributed by atoms with Crippen molar-refractivity contribution >= 4 is 5.69 Å².